The van der Waals surface area contributed by atoms with Crippen LogP contribution in [0.1, 0.15) is 41.5 Å². The fourth-order valence-electron chi connectivity index (χ4n) is 0. The Hall–Kier alpha value is -0.330. The summed E-state index contributed by atoms with van der Waals surface area (Å²) < 4.78 is 0. The van der Waals surface area contributed by atoms with Gasteiger partial charge in [0.2, 0.25) is 0 Å². The Bertz CT molecular complexity index is 28.8. The van der Waals surface area contributed by atoms with Crippen LogP contribution in [0.25, 0.3) is 0 Å². The molecule has 0 aliphatic carbocycles. The normalized spacial score (nSPS) is 6.11. The molecule has 0 aromatic carbocycles. The third kappa shape index (κ3) is 2260. The van der Waals surface area contributed by atoms with Gasteiger partial charge in [-0.15, -0.1) is 0 Å². The van der Waals surface area contributed by atoms with Gasteiger partial charge in [-0.25, -0.2) is 0 Å². The van der Waals surface area contributed by atoms with Crippen LogP contribution in [-0.4, -0.2) is 6.29 Å². The summed E-state index contributed by atoms with van der Waals surface area (Å²) in [5.41, 5.74) is 0. The standard InChI is InChI=1S/C4H10.C2H4O.C2H6/c1-4(2)3;1-2-3;1-2/h4H,1-3H3;2H,1H3;1-2H3. The van der Waals surface area contributed by atoms with Crippen LogP contribution < -0.4 is 0 Å². The molecule has 58 valence electrons. The van der Waals surface area contributed by atoms with Crippen LogP contribution in [0.4, 0.5) is 0 Å². The maximum absolute atomic E-state index is 8.81. The first kappa shape index (κ1) is 15.9. The van der Waals surface area contributed by atoms with E-state index in [-0.39, 0.29) is 0 Å². The second kappa shape index (κ2) is 25.3. The van der Waals surface area contributed by atoms with Gasteiger partial charge in [0.05, 0.1) is 0 Å². The number of carbonyl (C=O) groups excluding carboxylic acids is 1. The zero-order valence-electron chi connectivity index (χ0n) is 7.56. The highest BCUT2D eigenvalue weighted by atomic mass is 16.1. The number of hydrogen-bond donors (Lipinski definition) is 0. The lowest BCUT2D eigenvalue weighted by Gasteiger charge is -1.79. The van der Waals surface area contributed by atoms with E-state index in [9.17, 15) is 0 Å². The Morgan fingerprint density at radius 2 is 1.11 bits per heavy atom. The van der Waals surface area contributed by atoms with Gasteiger partial charge in [0, 0.05) is 0 Å². The van der Waals surface area contributed by atoms with E-state index in [1.54, 1.807) is 0 Å². The molecule has 0 amide bonds. The summed E-state index contributed by atoms with van der Waals surface area (Å²) in [5.74, 6) is 0.833. The highest BCUT2D eigenvalue weighted by Gasteiger charge is 1.68. The predicted octanol–water partition coefficient (Wildman–Crippen LogP) is 2.89. The molecule has 0 heterocycles. The van der Waals surface area contributed by atoms with Crippen molar-refractivity contribution in [3.8, 4) is 0 Å². The van der Waals surface area contributed by atoms with Crippen molar-refractivity contribution in [2.75, 3.05) is 0 Å². The molecule has 1 heteroatoms. The van der Waals surface area contributed by atoms with Gasteiger partial charge >= 0.3 is 0 Å². The summed E-state index contributed by atoms with van der Waals surface area (Å²) >= 11 is 0. The van der Waals surface area contributed by atoms with Gasteiger partial charge in [0.15, 0.2) is 0 Å². The minimum Gasteiger partial charge on any atom is -0.304 e. The highest BCUT2D eigenvalue weighted by Crippen LogP contribution is 1.81. The Labute approximate surface area is 59.5 Å². The molecule has 0 spiro atoms. The van der Waals surface area contributed by atoms with E-state index in [2.05, 4.69) is 20.8 Å². The molecule has 0 bridgehead atoms. The van der Waals surface area contributed by atoms with Crippen molar-refractivity contribution < 1.29 is 4.79 Å². The summed E-state index contributed by atoms with van der Waals surface area (Å²) in [4.78, 5) is 8.81. The number of hydrogen-bond acceptors (Lipinski definition) is 1. The summed E-state index contributed by atoms with van der Waals surface area (Å²) in [6, 6.07) is 0. The number of aldehydes is 1. The van der Waals surface area contributed by atoms with Crippen molar-refractivity contribution in [1.29, 1.82) is 0 Å². The first-order valence-electron chi connectivity index (χ1n) is 3.55. The van der Waals surface area contributed by atoms with Crippen LogP contribution in [0.15, 0.2) is 0 Å². The Morgan fingerprint density at radius 1 is 1.11 bits per heavy atom. The molecule has 0 aliphatic heterocycles. The van der Waals surface area contributed by atoms with Crippen LogP contribution in [-0.2, 0) is 4.79 Å². The number of rotatable bonds is 0. The van der Waals surface area contributed by atoms with Gasteiger partial charge < -0.3 is 4.79 Å². The van der Waals surface area contributed by atoms with Crippen molar-refractivity contribution in [3.63, 3.8) is 0 Å². The molecule has 0 rings (SSSR count). The molecule has 0 saturated heterocycles. The highest BCUT2D eigenvalue weighted by molar-refractivity contribution is 5.44. The lowest BCUT2D eigenvalue weighted by Crippen LogP contribution is -1.66. The van der Waals surface area contributed by atoms with Gasteiger partial charge in [-0.3, -0.25) is 0 Å². The van der Waals surface area contributed by atoms with E-state index < -0.39 is 0 Å². The smallest absolute Gasteiger partial charge is 0.116 e. The summed E-state index contributed by atoms with van der Waals surface area (Å²) in [6.45, 7) is 11.9. The minimum absolute atomic E-state index is 0.750. The second-order valence-electron chi connectivity index (χ2n) is 1.97. The van der Waals surface area contributed by atoms with E-state index in [0.29, 0.717) is 0 Å². The topological polar surface area (TPSA) is 17.1 Å². The van der Waals surface area contributed by atoms with E-state index in [0.717, 1.165) is 12.2 Å². The molecule has 0 radical (unpaired) electrons. The van der Waals surface area contributed by atoms with Gasteiger partial charge in [0.1, 0.15) is 6.29 Å². The monoisotopic (exact) mass is 132 g/mol. The quantitative estimate of drug-likeness (QED) is 0.463. The fraction of sp³-hybridized carbons (Fsp3) is 0.875. The van der Waals surface area contributed by atoms with Crippen molar-refractivity contribution in [2.24, 2.45) is 5.92 Å². The van der Waals surface area contributed by atoms with Gasteiger partial charge in [-0.05, 0) is 12.8 Å². The Kier molecular flexibility index (Phi) is 44.7. The Balaban J connectivity index is -0.0000000646. The summed E-state index contributed by atoms with van der Waals surface area (Å²) in [6.07, 6.45) is 0.750. The molecule has 0 aromatic rings. The fourth-order valence-corrected chi connectivity index (χ4v) is 0. The van der Waals surface area contributed by atoms with E-state index in [1.807, 2.05) is 13.8 Å². The zero-order valence-corrected chi connectivity index (χ0v) is 7.56. The maximum Gasteiger partial charge on any atom is 0.116 e. The molecule has 0 fully saturated rings. The zero-order chi connectivity index (χ0) is 8.28. The van der Waals surface area contributed by atoms with Crippen LogP contribution in [0, 0.1) is 5.92 Å². The van der Waals surface area contributed by atoms with Crippen LogP contribution in [0.2, 0.25) is 0 Å². The van der Waals surface area contributed by atoms with Gasteiger partial charge in [-0.2, -0.15) is 0 Å². The molecule has 0 N–H and O–H groups in total. The predicted molar refractivity (Wildman–Crippen MR) is 43.6 cm³/mol. The molecule has 0 aliphatic rings. The van der Waals surface area contributed by atoms with Crippen molar-refractivity contribution in [2.45, 2.75) is 41.5 Å². The molecule has 9 heavy (non-hydrogen) atoms. The SMILES string of the molecule is CC.CC(C)C.CC=O. The van der Waals surface area contributed by atoms with E-state index >= 15 is 0 Å². The largest absolute Gasteiger partial charge is 0.304 e. The minimum atomic E-state index is 0.750. The maximum atomic E-state index is 8.81. The lowest BCUT2D eigenvalue weighted by molar-refractivity contribution is -0.106. The van der Waals surface area contributed by atoms with Crippen LogP contribution in [0.3, 0.4) is 0 Å². The van der Waals surface area contributed by atoms with Crippen molar-refractivity contribution >= 4 is 6.29 Å². The molecule has 0 aromatic heterocycles. The molecule has 0 saturated carbocycles. The molecule has 0 atom stereocenters. The molecular weight excluding hydrogens is 112 g/mol. The second-order valence-corrected chi connectivity index (χ2v) is 1.97. The van der Waals surface area contributed by atoms with Crippen molar-refractivity contribution in [1.82, 2.24) is 0 Å². The molecule has 0 unspecified atom stereocenters. The number of carbonyl (C=O) groups is 1. The first-order valence-corrected chi connectivity index (χ1v) is 3.55. The summed E-state index contributed by atoms with van der Waals surface area (Å²) in [7, 11) is 0. The van der Waals surface area contributed by atoms with Crippen molar-refractivity contribution in [3.05, 3.63) is 0 Å². The molecule has 1 nitrogen and oxygen atoms in total. The third-order valence-electron chi connectivity index (χ3n) is 0. The first-order chi connectivity index (χ1) is 4.15. The van der Waals surface area contributed by atoms with Gasteiger partial charge in [-0.1, -0.05) is 34.6 Å². The average molecular weight is 132 g/mol. The average Bonchev–Trinajstić information content (AvgIpc) is 1.71. The lowest BCUT2D eigenvalue weighted by atomic mass is 10.3. The van der Waals surface area contributed by atoms with E-state index in [1.165, 1.54) is 6.92 Å². The van der Waals surface area contributed by atoms with E-state index in [4.69, 9.17) is 4.79 Å². The third-order valence-corrected chi connectivity index (χ3v) is 0. The van der Waals surface area contributed by atoms with Crippen LogP contribution in [0.5, 0.6) is 0 Å². The van der Waals surface area contributed by atoms with Crippen LogP contribution >= 0.6 is 0 Å². The van der Waals surface area contributed by atoms with Gasteiger partial charge in [0.25, 0.3) is 0 Å². The molecular formula is C8H20O. The Morgan fingerprint density at radius 3 is 1.11 bits per heavy atom. The summed E-state index contributed by atoms with van der Waals surface area (Å²) in [5, 5.41) is 0.